The Kier molecular flexibility index (Phi) is 2.18. The summed E-state index contributed by atoms with van der Waals surface area (Å²) in [4.78, 5) is 11.3. The second kappa shape index (κ2) is 3.59. The Morgan fingerprint density at radius 1 is 1.12 bits per heavy atom. The minimum absolute atomic E-state index is 0.230. The number of rotatable bonds is 3. The number of benzene rings is 2. The lowest BCUT2D eigenvalue weighted by Gasteiger charge is -2.14. The molecule has 2 aromatic carbocycles. The van der Waals surface area contributed by atoms with E-state index in [1.54, 1.807) is 7.11 Å². The number of methoxy groups -OCH3 is 1. The van der Waals surface area contributed by atoms with Gasteiger partial charge in [-0.15, -0.1) is 0 Å². The van der Waals surface area contributed by atoms with Crippen LogP contribution in [-0.2, 0) is 10.2 Å². The van der Waals surface area contributed by atoms with E-state index in [1.807, 2.05) is 30.3 Å². The fraction of sp³-hybridized carbons (Fsp3) is 0.267. The van der Waals surface area contributed by atoms with Crippen molar-refractivity contribution in [2.75, 3.05) is 7.11 Å². The molecule has 1 fully saturated rings. The van der Waals surface area contributed by atoms with Crippen molar-refractivity contribution < 1.29 is 9.53 Å². The van der Waals surface area contributed by atoms with Crippen LogP contribution in [0, 0.1) is 0 Å². The van der Waals surface area contributed by atoms with Gasteiger partial charge in [-0.3, -0.25) is 0 Å². The molecule has 0 spiro atoms. The highest BCUT2D eigenvalue weighted by molar-refractivity contribution is 5.95. The highest BCUT2D eigenvalue weighted by Gasteiger charge is 2.45. The summed E-state index contributed by atoms with van der Waals surface area (Å²) < 4.78 is 5.36. The summed E-state index contributed by atoms with van der Waals surface area (Å²) in [6.45, 7) is 0. The van der Waals surface area contributed by atoms with Crippen LogP contribution in [0.1, 0.15) is 18.4 Å². The van der Waals surface area contributed by atoms with Gasteiger partial charge < -0.3 is 9.53 Å². The molecular weight excluding hydrogens is 212 g/mol. The van der Waals surface area contributed by atoms with Gasteiger partial charge in [0.25, 0.3) is 0 Å². The second-order valence-corrected chi connectivity index (χ2v) is 4.63. The van der Waals surface area contributed by atoms with Gasteiger partial charge >= 0.3 is 0 Å². The van der Waals surface area contributed by atoms with Gasteiger partial charge in [0.05, 0.1) is 12.5 Å². The van der Waals surface area contributed by atoms with E-state index in [2.05, 4.69) is 6.07 Å². The Labute approximate surface area is 100 Å². The van der Waals surface area contributed by atoms with Crippen molar-refractivity contribution in [1.82, 2.24) is 0 Å². The van der Waals surface area contributed by atoms with Gasteiger partial charge in [-0.05, 0) is 29.9 Å². The van der Waals surface area contributed by atoms with Crippen molar-refractivity contribution in [3.05, 3.63) is 42.0 Å². The zero-order valence-electron chi connectivity index (χ0n) is 9.77. The van der Waals surface area contributed by atoms with Gasteiger partial charge in [-0.2, -0.15) is 0 Å². The first kappa shape index (κ1) is 10.3. The SMILES string of the molecule is COc1ccc(C2(C=O)CC2)c2ccccc12. The number of aldehydes is 1. The van der Waals surface area contributed by atoms with Crippen LogP contribution >= 0.6 is 0 Å². The monoisotopic (exact) mass is 226 g/mol. The van der Waals surface area contributed by atoms with Crippen molar-refractivity contribution in [2.24, 2.45) is 0 Å². The molecule has 2 aromatic rings. The maximum atomic E-state index is 11.3. The Morgan fingerprint density at radius 3 is 2.41 bits per heavy atom. The predicted molar refractivity (Wildman–Crippen MR) is 67.5 cm³/mol. The summed E-state index contributed by atoms with van der Waals surface area (Å²) >= 11 is 0. The van der Waals surface area contributed by atoms with E-state index in [0.29, 0.717) is 0 Å². The molecule has 0 atom stereocenters. The first-order valence-electron chi connectivity index (χ1n) is 5.83. The van der Waals surface area contributed by atoms with Crippen molar-refractivity contribution in [1.29, 1.82) is 0 Å². The molecule has 1 saturated carbocycles. The second-order valence-electron chi connectivity index (χ2n) is 4.63. The zero-order chi connectivity index (χ0) is 11.9. The minimum Gasteiger partial charge on any atom is -0.496 e. The molecule has 0 unspecified atom stereocenters. The van der Waals surface area contributed by atoms with Crippen LogP contribution in [0.2, 0.25) is 0 Å². The third-order valence-corrected chi connectivity index (χ3v) is 3.65. The van der Waals surface area contributed by atoms with Crippen molar-refractivity contribution in [3.63, 3.8) is 0 Å². The van der Waals surface area contributed by atoms with Gasteiger partial charge in [0.2, 0.25) is 0 Å². The van der Waals surface area contributed by atoms with E-state index >= 15 is 0 Å². The van der Waals surface area contributed by atoms with Gasteiger partial charge in [0.15, 0.2) is 0 Å². The zero-order valence-corrected chi connectivity index (χ0v) is 9.77. The van der Waals surface area contributed by atoms with Crippen LogP contribution < -0.4 is 4.74 Å². The van der Waals surface area contributed by atoms with E-state index in [-0.39, 0.29) is 5.41 Å². The fourth-order valence-corrected chi connectivity index (χ4v) is 2.47. The molecule has 0 aliphatic heterocycles. The average molecular weight is 226 g/mol. The lowest BCUT2D eigenvalue weighted by atomic mass is 9.91. The Balaban J connectivity index is 2.31. The van der Waals surface area contributed by atoms with Gasteiger partial charge in [0, 0.05) is 5.39 Å². The number of hydrogen-bond donors (Lipinski definition) is 0. The van der Waals surface area contributed by atoms with E-state index in [4.69, 9.17) is 4.74 Å². The summed E-state index contributed by atoms with van der Waals surface area (Å²) in [5.41, 5.74) is 0.912. The molecular formula is C15H14O2. The molecule has 0 aromatic heterocycles. The average Bonchev–Trinajstić information content (AvgIpc) is 3.18. The third-order valence-electron chi connectivity index (χ3n) is 3.65. The normalized spacial score (nSPS) is 16.8. The molecule has 1 aliphatic carbocycles. The van der Waals surface area contributed by atoms with Gasteiger partial charge in [-0.1, -0.05) is 30.3 Å². The summed E-state index contributed by atoms with van der Waals surface area (Å²) in [5, 5.41) is 2.22. The summed E-state index contributed by atoms with van der Waals surface area (Å²) in [7, 11) is 1.67. The molecule has 0 heterocycles. The highest BCUT2D eigenvalue weighted by atomic mass is 16.5. The Hall–Kier alpha value is -1.83. The van der Waals surface area contributed by atoms with Gasteiger partial charge in [-0.25, -0.2) is 0 Å². The van der Waals surface area contributed by atoms with Crippen molar-refractivity contribution in [2.45, 2.75) is 18.3 Å². The third kappa shape index (κ3) is 1.44. The molecule has 2 nitrogen and oxygen atoms in total. The maximum absolute atomic E-state index is 11.3. The topological polar surface area (TPSA) is 26.3 Å². The number of carbonyl (C=O) groups excluding carboxylic acids is 1. The van der Waals surface area contributed by atoms with Crippen LogP contribution in [-0.4, -0.2) is 13.4 Å². The van der Waals surface area contributed by atoms with Crippen LogP contribution in [0.3, 0.4) is 0 Å². The molecule has 2 heteroatoms. The highest BCUT2D eigenvalue weighted by Crippen LogP contribution is 2.49. The molecule has 3 rings (SSSR count). The Bertz CT molecular complexity index is 582. The summed E-state index contributed by atoms with van der Waals surface area (Å²) in [5.74, 6) is 0.867. The summed E-state index contributed by atoms with van der Waals surface area (Å²) in [6, 6.07) is 12.1. The first-order valence-corrected chi connectivity index (χ1v) is 5.83. The molecule has 0 N–H and O–H groups in total. The standard InChI is InChI=1S/C15H14O2/c1-17-14-7-6-13(15(10-16)8-9-15)11-4-2-3-5-12(11)14/h2-7,10H,8-9H2,1H3. The Morgan fingerprint density at radius 2 is 1.82 bits per heavy atom. The van der Waals surface area contributed by atoms with Crippen LogP contribution in [0.5, 0.6) is 5.75 Å². The molecule has 0 saturated heterocycles. The number of fused-ring (bicyclic) bond motifs is 1. The lowest BCUT2D eigenvalue weighted by Crippen LogP contribution is -2.08. The van der Waals surface area contributed by atoms with Gasteiger partial charge in [0.1, 0.15) is 12.0 Å². The smallest absolute Gasteiger partial charge is 0.130 e. The largest absolute Gasteiger partial charge is 0.496 e. The van der Waals surface area contributed by atoms with Crippen molar-refractivity contribution >= 4 is 17.1 Å². The molecule has 86 valence electrons. The predicted octanol–water partition coefficient (Wildman–Crippen LogP) is 3.08. The van der Waals surface area contributed by atoms with Crippen LogP contribution in [0.4, 0.5) is 0 Å². The van der Waals surface area contributed by atoms with Crippen molar-refractivity contribution in [3.8, 4) is 5.75 Å². The van der Waals surface area contributed by atoms with E-state index in [1.165, 1.54) is 0 Å². The van der Waals surface area contributed by atoms with Crippen LogP contribution in [0.15, 0.2) is 36.4 Å². The quantitative estimate of drug-likeness (QED) is 0.752. The number of ether oxygens (including phenoxy) is 1. The number of hydrogen-bond acceptors (Lipinski definition) is 2. The minimum atomic E-state index is -0.230. The molecule has 1 aliphatic rings. The molecule has 0 bridgehead atoms. The van der Waals surface area contributed by atoms with Crippen LogP contribution in [0.25, 0.3) is 10.8 Å². The first-order chi connectivity index (χ1) is 8.30. The van der Waals surface area contributed by atoms with E-state index < -0.39 is 0 Å². The molecule has 0 radical (unpaired) electrons. The van der Waals surface area contributed by atoms with E-state index in [9.17, 15) is 4.79 Å². The molecule has 0 amide bonds. The lowest BCUT2D eigenvalue weighted by molar-refractivity contribution is -0.109. The maximum Gasteiger partial charge on any atom is 0.130 e. The molecule has 17 heavy (non-hydrogen) atoms. The number of carbonyl (C=O) groups is 1. The fourth-order valence-electron chi connectivity index (χ4n) is 2.47. The summed E-state index contributed by atoms with van der Waals surface area (Å²) in [6.07, 6.45) is 3.03. The van der Waals surface area contributed by atoms with E-state index in [0.717, 1.165) is 41.2 Å².